The van der Waals surface area contributed by atoms with E-state index in [-0.39, 0.29) is 0 Å². The van der Waals surface area contributed by atoms with Crippen molar-refractivity contribution in [1.29, 1.82) is 0 Å². The Hall–Kier alpha value is -0.930. The molecule has 0 amide bonds. The maximum absolute atomic E-state index is 10.5. The molecule has 0 saturated heterocycles. The second-order valence-electron chi connectivity index (χ2n) is 2.86. The van der Waals surface area contributed by atoms with Gasteiger partial charge in [-0.05, 0) is 34.7 Å². The summed E-state index contributed by atoms with van der Waals surface area (Å²) in [5.74, 6) is 0. The summed E-state index contributed by atoms with van der Waals surface area (Å²) in [6.45, 7) is 0. The molecule has 3 heteroatoms. The summed E-state index contributed by atoms with van der Waals surface area (Å²) in [4.78, 5) is 11.3. The summed E-state index contributed by atoms with van der Waals surface area (Å²) in [7, 11) is 0. The van der Waals surface area contributed by atoms with Gasteiger partial charge in [-0.25, -0.2) is 0 Å². The van der Waals surface area contributed by atoms with Crippen LogP contribution in [0.4, 0.5) is 0 Å². The molecule has 0 atom stereocenters. The van der Waals surface area contributed by atoms with Gasteiger partial charge in [0.1, 0.15) is 0 Å². The minimum Gasteiger partial charge on any atom is -0.297 e. The third kappa shape index (κ3) is 1.94. The zero-order valence-corrected chi connectivity index (χ0v) is 9.64. The van der Waals surface area contributed by atoms with Gasteiger partial charge in [0.2, 0.25) is 0 Å². The molecule has 0 aliphatic heterocycles. The maximum atomic E-state index is 10.5. The molecule has 0 fully saturated rings. The zero-order chi connectivity index (χ0) is 9.97. The number of halogens is 1. The smallest absolute Gasteiger partial charge is 0.160 e. The van der Waals surface area contributed by atoms with Gasteiger partial charge in [0, 0.05) is 4.47 Å². The fourth-order valence-corrected chi connectivity index (χ4v) is 2.19. The van der Waals surface area contributed by atoms with E-state index >= 15 is 0 Å². The van der Waals surface area contributed by atoms with Crippen molar-refractivity contribution in [3.63, 3.8) is 0 Å². The van der Waals surface area contributed by atoms with E-state index in [0.29, 0.717) is 0 Å². The van der Waals surface area contributed by atoms with Gasteiger partial charge in [0.25, 0.3) is 0 Å². The van der Waals surface area contributed by atoms with Crippen molar-refractivity contribution < 1.29 is 4.79 Å². The SMILES string of the molecule is O=Cc1cc(-c2ccc(Br)cc2)cs1. The third-order valence-corrected chi connectivity index (χ3v) is 3.30. The van der Waals surface area contributed by atoms with Crippen molar-refractivity contribution in [2.45, 2.75) is 0 Å². The van der Waals surface area contributed by atoms with Gasteiger partial charge in [0.05, 0.1) is 4.88 Å². The molecule has 14 heavy (non-hydrogen) atoms. The standard InChI is InChI=1S/C11H7BrOS/c12-10-3-1-8(2-4-10)9-5-11(6-13)14-7-9/h1-7H. The second kappa shape index (κ2) is 4.07. The van der Waals surface area contributed by atoms with Crippen LogP contribution in [0.3, 0.4) is 0 Å². The van der Waals surface area contributed by atoms with E-state index in [1.54, 1.807) is 0 Å². The lowest BCUT2D eigenvalue weighted by atomic mass is 10.1. The molecule has 0 N–H and O–H groups in total. The van der Waals surface area contributed by atoms with Crippen LogP contribution in [0.25, 0.3) is 11.1 Å². The van der Waals surface area contributed by atoms with Crippen LogP contribution in [0.15, 0.2) is 40.2 Å². The highest BCUT2D eigenvalue weighted by Gasteiger charge is 2.00. The number of carbonyl (C=O) groups excluding carboxylic acids is 1. The summed E-state index contributed by atoms with van der Waals surface area (Å²) in [6, 6.07) is 9.95. The Bertz CT molecular complexity index is 445. The first kappa shape index (κ1) is 9.62. The van der Waals surface area contributed by atoms with Crippen molar-refractivity contribution in [2.24, 2.45) is 0 Å². The van der Waals surface area contributed by atoms with Gasteiger partial charge in [-0.3, -0.25) is 4.79 Å². The van der Waals surface area contributed by atoms with Crippen LogP contribution in [0, 0.1) is 0 Å². The average Bonchev–Trinajstić information content (AvgIpc) is 2.67. The van der Waals surface area contributed by atoms with E-state index < -0.39 is 0 Å². The number of benzene rings is 1. The average molecular weight is 267 g/mol. The van der Waals surface area contributed by atoms with E-state index in [4.69, 9.17) is 0 Å². The summed E-state index contributed by atoms with van der Waals surface area (Å²) in [5, 5.41) is 1.99. The molecule has 1 nitrogen and oxygen atoms in total. The second-order valence-corrected chi connectivity index (χ2v) is 4.72. The number of rotatable bonds is 2. The normalized spacial score (nSPS) is 10.1. The minimum absolute atomic E-state index is 0.767. The Morgan fingerprint density at radius 1 is 1.14 bits per heavy atom. The molecular weight excluding hydrogens is 260 g/mol. The number of aldehydes is 1. The first-order chi connectivity index (χ1) is 6.79. The first-order valence-electron chi connectivity index (χ1n) is 4.09. The monoisotopic (exact) mass is 266 g/mol. The number of hydrogen-bond acceptors (Lipinski definition) is 2. The van der Waals surface area contributed by atoms with Crippen LogP contribution >= 0.6 is 27.3 Å². The van der Waals surface area contributed by atoms with Gasteiger partial charge >= 0.3 is 0 Å². The Kier molecular flexibility index (Phi) is 2.79. The molecule has 0 aliphatic rings. The van der Waals surface area contributed by atoms with Crippen LogP contribution in [0.1, 0.15) is 9.67 Å². The summed E-state index contributed by atoms with van der Waals surface area (Å²) >= 11 is 4.85. The van der Waals surface area contributed by atoms with Crippen LogP contribution in [0.5, 0.6) is 0 Å². The first-order valence-corrected chi connectivity index (χ1v) is 5.76. The highest BCUT2D eigenvalue weighted by Crippen LogP contribution is 2.25. The van der Waals surface area contributed by atoms with Crippen LogP contribution in [-0.2, 0) is 0 Å². The molecule has 0 saturated carbocycles. The molecule has 1 aromatic heterocycles. The molecule has 1 heterocycles. The summed E-state index contributed by atoms with van der Waals surface area (Å²) in [5.41, 5.74) is 2.24. The van der Waals surface area contributed by atoms with E-state index in [9.17, 15) is 4.79 Å². The lowest BCUT2D eigenvalue weighted by molar-refractivity contribution is 0.112. The lowest BCUT2D eigenvalue weighted by Gasteiger charge is -1.96. The predicted molar refractivity (Wildman–Crippen MR) is 62.8 cm³/mol. The van der Waals surface area contributed by atoms with Crippen LogP contribution < -0.4 is 0 Å². The topological polar surface area (TPSA) is 17.1 Å². The van der Waals surface area contributed by atoms with E-state index in [0.717, 1.165) is 26.8 Å². The number of thiophene rings is 1. The molecule has 70 valence electrons. The Morgan fingerprint density at radius 2 is 1.86 bits per heavy atom. The molecule has 0 bridgehead atoms. The molecule has 2 aromatic rings. The Labute approximate surface area is 94.5 Å². The van der Waals surface area contributed by atoms with E-state index in [2.05, 4.69) is 15.9 Å². The Morgan fingerprint density at radius 3 is 2.43 bits per heavy atom. The van der Waals surface area contributed by atoms with Gasteiger partial charge in [0.15, 0.2) is 6.29 Å². The van der Waals surface area contributed by atoms with Crippen molar-refractivity contribution in [2.75, 3.05) is 0 Å². The fraction of sp³-hybridized carbons (Fsp3) is 0. The highest BCUT2D eigenvalue weighted by atomic mass is 79.9. The third-order valence-electron chi connectivity index (χ3n) is 1.91. The van der Waals surface area contributed by atoms with Crippen LogP contribution in [-0.4, -0.2) is 6.29 Å². The van der Waals surface area contributed by atoms with Gasteiger partial charge in [-0.1, -0.05) is 28.1 Å². The van der Waals surface area contributed by atoms with Gasteiger partial charge < -0.3 is 0 Å². The summed E-state index contributed by atoms with van der Waals surface area (Å²) in [6.07, 6.45) is 0.882. The molecule has 0 radical (unpaired) electrons. The van der Waals surface area contributed by atoms with Crippen molar-refractivity contribution in [3.05, 3.63) is 45.1 Å². The molecular formula is C11H7BrOS. The van der Waals surface area contributed by atoms with Crippen molar-refractivity contribution in [1.82, 2.24) is 0 Å². The quantitative estimate of drug-likeness (QED) is 0.752. The minimum atomic E-state index is 0.767. The molecule has 2 rings (SSSR count). The predicted octanol–water partition coefficient (Wildman–Crippen LogP) is 3.99. The van der Waals surface area contributed by atoms with Crippen molar-refractivity contribution >= 4 is 33.6 Å². The van der Waals surface area contributed by atoms with Gasteiger partial charge in [-0.2, -0.15) is 0 Å². The highest BCUT2D eigenvalue weighted by molar-refractivity contribution is 9.10. The molecule has 1 aromatic carbocycles. The molecule has 0 aliphatic carbocycles. The Balaban J connectivity index is 2.39. The van der Waals surface area contributed by atoms with E-state index in [1.165, 1.54) is 11.3 Å². The lowest BCUT2D eigenvalue weighted by Crippen LogP contribution is -1.73. The zero-order valence-electron chi connectivity index (χ0n) is 7.24. The maximum Gasteiger partial charge on any atom is 0.160 e. The van der Waals surface area contributed by atoms with E-state index in [1.807, 2.05) is 35.7 Å². The largest absolute Gasteiger partial charge is 0.297 e. The molecule has 0 unspecified atom stereocenters. The molecule has 0 spiro atoms. The fourth-order valence-electron chi connectivity index (χ4n) is 1.21. The summed E-state index contributed by atoms with van der Waals surface area (Å²) < 4.78 is 1.06. The van der Waals surface area contributed by atoms with Crippen molar-refractivity contribution in [3.8, 4) is 11.1 Å². The number of hydrogen-bond donors (Lipinski definition) is 0. The van der Waals surface area contributed by atoms with Gasteiger partial charge in [-0.15, -0.1) is 11.3 Å². The number of carbonyl (C=O) groups is 1. The van der Waals surface area contributed by atoms with Crippen LogP contribution in [0.2, 0.25) is 0 Å².